The predicted molar refractivity (Wildman–Crippen MR) is 163 cm³/mol. The molecule has 5 rings (SSSR count). The third kappa shape index (κ3) is 6.53. The van der Waals surface area contributed by atoms with Gasteiger partial charge >= 0.3 is 0 Å². The Kier molecular flexibility index (Phi) is 9.61. The molecule has 2 N–H and O–H groups in total. The van der Waals surface area contributed by atoms with E-state index in [4.69, 9.17) is 30.8 Å². The number of anilines is 1. The third-order valence-corrected chi connectivity index (χ3v) is 8.30. The number of ether oxygens (including phenoxy) is 3. The fourth-order valence-electron chi connectivity index (χ4n) is 5.47. The number of carbonyl (C=O) groups excluding carboxylic acids is 1. The number of hydrogen-bond donors (Lipinski definition) is 2. The second kappa shape index (κ2) is 13.5. The van der Waals surface area contributed by atoms with E-state index >= 15 is 0 Å². The molecule has 11 nitrogen and oxygen atoms in total. The zero-order chi connectivity index (χ0) is 29.6. The molecule has 0 spiro atoms. The lowest BCUT2D eigenvalue weighted by Gasteiger charge is -2.32. The molecule has 0 radical (unpaired) electrons. The summed E-state index contributed by atoms with van der Waals surface area (Å²) in [6, 6.07) is 5.42. The second-order valence-electron chi connectivity index (χ2n) is 10.5. The molecule has 1 atom stereocenters. The van der Waals surface area contributed by atoms with Crippen LogP contribution in [0.3, 0.4) is 0 Å². The molecule has 42 heavy (non-hydrogen) atoms. The van der Waals surface area contributed by atoms with Crippen LogP contribution in [0.15, 0.2) is 41.8 Å². The predicted octanol–water partition coefficient (Wildman–Crippen LogP) is 3.34. The van der Waals surface area contributed by atoms with Crippen LogP contribution in [0.2, 0.25) is 5.02 Å². The van der Waals surface area contributed by atoms with Crippen molar-refractivity contribution in [1.82, 2.24) is 24.8 Å². The maximum Gasteiger partial charge on any atom is 0.260 e. The first-order valence-corrected chi connectivity index (χ1v) is 14.6. The molecule has 3 aromatic rings. The van der Waals surface area contributed by atoms with Gasteiger partial charge in [-0.3, -0.25) is 14.2 Å². The number of piperidine rings is 1. The highest BCUT2D eigenvalue weighted by Gasteiger charge is 2.22. The third-order valence-electron chi connectivity index (χ3n) is 7.91. The Bertz CT molecular complexity index is 1500. The normalized spacial score (nSPS) is 17.4. The number of carbonyl (C=O) groups is 1. The average molecular weight is 597 g/mol. The lowest BCUT2D eigenvalue weighted by atomic mass is 10.0. The van der Waals surface area contributed by atoms with Gasteiger partial charge in [-0.1, -0.05) is 18.2 Å². The molecular weight excluding hydrogens is 560 g/mol. The summed E-state index contributed by atoms with van der Waals surface area (Å²) in [6.07, 6.45) is 5.73. The molecular formula is C30H37ClN6O5. The molecule has 1 amide bonds. The van der Waals surface area contributed by atoms with Gasteiger partial charge in [0.2, 0.25) is 11.9 Å². The van der Waals surface area contributed by atoms with Gasteiger partial charge < -0.3 is 29.7 Å². The summed E-state index contributed by atoms with van der Waals surface area (Å²) in [5.74, 6) is 1.75. The number of pyridine rings is 1. The van der Waals surface area contributed by atoms with Gasteiger partial charge in [-0.2, -0.15) is 4.98 Å². The Morgan fingerprint density at radius 3 is 2.69 bits per heavy atom. The molecule has 1 unspecified atom stereocenters. The van der Waals surface area contributed by atoms with E-state index in [2.05, 4.69) is 22.2 Å². The van der Waals surface area contributed by atoms with Crippen LogP contribution in [0.4, 0.5) is 5.95 Å². The van der Waals surface area contributed by atoms with Gasteiger partial charge in [-0.15, -0.1) is 0 Å². The van der Waals surface area contributed by atoms with Crippen LogP contribution >= 0.6 is 11.6 Å². The summed E-state index contributed by atoms with van der Waals surface area (Å²) in [4.78, 5) is 37.1. The van der Waals surface area contributed by atoms with Crippen molar-refractivity contribution in [2.45, 2.75) is 31.8 Å². The van der Waals surface area contributed by atoms with E-state index in [1.165, 1.54) is 13.2 Å². The minimum atomic E-state index is -0.234. The van der Waals surface area contributed by atoms with E-state index in [9.17, 15) is 9.59 Å². The van der Waals surface area contributed by atoms with Crippen molar-refractivity contribution in [3.63, 3.8) is 0 Å². The number of hydrogen-bond acceptors (Lipinski definition) is 9. The molecule has 2 aliphatic rings. The fraction of sp³-hybridized carbons (Fsp3) is 0.467. The van der Waals surface area contributed by atoms with Crippen molar-refractivity contribution in [1.29, 1.82) is 0 Å². The van der Waals surface area contributed by atoms with Crippen LogP contribution in [-0.4, -0.2) is 85.0 Å². The summed E-state index contributed by atoms with van der Waals surface area (Å²) in [5.41, 5.74) is 1.20. The summed E-state index contributed by atoms with van der Waals surface area (Å²) in [6.45, 7) is 8.02. The summed E-state index contributed by atoms with van der Waals surface area (Å²) >= 11 is 6.70. The van der Waals surface area contributed by atoms with Crippen LogP contribution in [0.1, 0.15) is 19.3 Å². The van der Waals surface area contributed by atoms with Gasteiger partial charge in [0.15, 0.2) is 0 Å². The minimum absolute atomic E-state index is 0.0410. The van der Waals surface area contributed by atoms with Crippen molar-refractivity contribution in [3.8, 4) is 22.6 Å². The van der Waals surface area contributed by atoms with E-state index in [1.54, 1.807) is 36.1 Å². The largest absolute Gasteiger partial charge is 0.497 e. The van der Waals surface area contributed by atoms with Crippen LogP contribution < -0.4 is 25.7 Å². The van der Waals surface area contributed by atoms with E-state index in [0.717, 1.165) is 25.9 Å². The van der Waals surface area contributed by atoms with E-state index < -0.39 is 0 Å². The zero-order valence-electron chi connectivity index (χ0n) is 24.0. The van der Waals surface area contributed by atoms with Crippen LogP contribution in [0.25, 0.3) is 22.2 Å². The smallest absolute Gasteiger partial charge is 0.260 e. The minimum Gasteiger partial charge on any atom is -0.497 e. The molecule has 2 saturated heterocycles. The first-order valence-electron chi connectivity index (χ1n) is 14.2. The highest BCUT2D eigenvalue weighted by Crippen LogP contribution is 2.38. The van der Waals surface area contributed by atoms with E-state index in [0.29, 0.717) is 89.9 Å². The molecule has 1 aromatic carbocycles. The van der Waals surface area contributed by atoms with Gasteiger partial charge in [0.1, 0.15) is 17.1 Å². The number of amides is 1. The van der Waals surface area contributed by atoms with Gasteiger partial charge in [0, 0.05) is 80.1 Å². The van der Waals surface area contributed by atoms with Crippen molar-refractivity contribution >= 4 is 34.5 Å². The SMILES string of the molecule is C=CC(=O)N1CCC(NCCn2c(=O)c(-c3cc(OC)cc(OC)c3Cl)cc3cnc(NCC4CCOC4)nc32)CC1. The van der Waals surface area contributed by atoms with Crippen molar-refractivity contribution in [3.05, 3.63) is 52.4 Å². The lowest BCUT2D eigenvalue weighted by molar-refractivity contribution is -0.127. The summed E-state index contributed by atoms with van der Waals surface area (Å²) in [7, 11) is 3.07. The topological polar surface area (TPSA) is 120 Å². The Labute approximate surface area is 249 Å². The van der Waals surface area contributed by atoms with Crippen LogP contribution in [-0.2, 0) is 16.1 Å². The van der Waals surface area contributed by atoms with E-state index in [1.807, 2.05) is 4.90 Å². The Morgan fingerprint density at radius 1 is 1.19 bits per heavy atom. The number of likely N-dealkylation sites (tertiary alicyclic amines) is 1. The fourth-order valence-corrected chi connectivity index (χ4v) is 5.76. The Hall–Kier alpha value is -3.67. The second-order valence-corrected chi connectivity index (χ2v) is 10.9. The number of halogens is 1. The molecule has 2 aromatic heterocycles. The molecule has 0 saturated carbocycles. The van der Waals surface area contributed by atoms with Crippen molar-refractivity contribution in [2.75, 3.05) is 58.9 Å². The van der Waals surface area contributed by atoms with E-state index in [-0.39, 0.29) is 17.5 Å². The average Bonchev–Trinajstić information content (AvgIpc) is 3.55. The summed E-state index contributed by atoms with van der Waals surface area (Å²) in [5, 5.41) is 7.89. The van der Waals surface area contributed by atoms with Gasteiger partial charge in [-0.05, 0) is 37.5 Å². The molecule has 0 aliphatic carbocycles. The van der Waals surface area contributed by atoms with Gasteiger partial charge in [0.25, 0.3) is 5.56 Å². The number of nitrogens with zero attached hydrogens (tertiary/aromatic N) is 4. The maximum absolute atomic E-state index is 14.1. The number of aromatic nitrogens is 3. The molecule has 2 fully saturated rings. The highest BCUT2D eigenvalue weighted by molar-refractivity contribution is 6.35. The highest BCUT2D eigenvalue weighted by atomic mass is 35.5. The molecule has 0 bridgehead atoms. The lowest BCUT2D eigenvalue weighted by Crippen LogP contribution is -2.45. The maximum atomic E-state index is 14.1. The molecule has 4 heterocycles. The monoisotopic (exact) mass is 596 g/mol. The van der Waals surface area contributed by atoms with Crippen molar-refractivity contribution in [2.24, 2.45) is 5.92 Å². The van der Waals surface area contributed by atoms with Gasteiger partial charge in [0.05, 0.1) is 25.8 Å². The first-order chi connectivity index (χ1) is 20.4. The van der Waals surface area contributed by atoms with Crippen molar-refractivity contribution < 1.29 is 19.0 Å². The Balaban J connectivity index is 1.45. The van der Waals surface area contributed by atoms with Crippen LogP contribution in [0, 0.1) is 5.92 Å². The standard InChI is InChI=1S/C30H37ClN6O5/c1-4-26(38)36-9-5-21(6-10-36)32-8-11-37-28-20(17-34-30(35-28)33-16-19-7-12-42-18-19)13-24(29(37)39)23-14-22(40-2)15-25(41-3)27(23)31/h4,13-15,17,19,21,32H,1,5-12,16,18H2,2-3H3,(H,33,34,35). The Morgan fingerprint density at radius 2 is 2.00 bits per heavy atom. The number of fused-ring (bicyclic) bond motifs is 1. The zero-order valence-corrected chi connectivity index (χ0v) is 24.8. The quantitative estimate of drug-likeness (QED) is 0.321. The summed E-state index contributed by atoms with van der Waals surface area (Å²) < 4.78 is 18.0. The number of benzene rings is 1. The van der Waals surface area contributed by atoms with Crippen LogP contribution in [0.5, 0.6) is 11.5 Å². The number of rotatable bonds is 11. The van der Waals surface area contributed by atoms with Gasteiger partial charge in [-0.25, -0.2) is 4.98 Å². The number of nitrogens with one attached hydrogen (secondary N) is 2. The molecule has 224 valence electrons. The molecule has 12 heteroatoms. The number of methoxy groups -OCH3 is 2. The molecule has 2 aliphatic heterocycles. The first kappa shape index (κ1) is 29.8.